The van der Waals surface area contributed by atoms with Gasteiger partial charge in [-0.3, -0.25) is 39.0 Å². The molecule has 1 aliphatic heterocycles. The van der Waals surface area contributed by atoms with Crippen molar-refractivity contribution >= 4 is 53.4 Å². The lowest BCUT2D eigenvalue weighted by Crippen LogP contribution is -2.60. The Labute approximate surface area is 485 Å². The van der Waals surface area contributed by atoms with E-state index in [0.717, 1.165) is 0 Å². The topological polar surface area (TPSA) is 261 Å². The van der Waals surface area contributed by atoms with Crippen LogP contribution in [0.25, 0.3) is 0 Å². The number of likely N-dealkylation sites (N-methyl/N-ethyl adjacent to an activating group) is 2. The lowest BCUT2D eigenvalue weighted by Gasteiger charge is -2.41. The Balaban J connectivity index is 1.36. The van der Waals surface area contributed by atoms with Gasteiger partial charge < -0.3 is 54.5 Å². The third-order valence-electron chi connectivity index (χ3n) is 16.3. The average molecular weight is 1150 g/mol. The highest BCUT2D eigenvalue weighted by Gasteiger charge is 2.44. The zero-order chi connectivity index (χ0) is 61.0. The standard InChI is InChI=1S/C61H93N7O14/c1-15-39(6)52(47(78-12)34-48(69)68-33-21-25-46(68)54(80-14)40(7)55(72)63-41(8)53(71)43-22-17-16-18-23-43)66(10)57(74)50(37(2)3)65-56(73)51(38(4)5)67(11)60(77)81-36-42-26-28-44(29-27-42)64-59(76)82-45-24-19-20-31-61(9,32-30-45)58(75)62-35-49(70)79-13/h16-19,22-24,26-29,37-41,45-47,50-54,71H,15,20-21,25,30-36H2,1-14H3,(H,62,75)(H,63,72)(H,64,76)(H,65,73)/b24-19-/t39-,40+,41+,45-,46-,47?,50-,51-,52-,53+,54+,61+/m0/s1. The number of benzene rings is 2. The van der Waals surface area contributed by atoms with Crippen molar-refractivity contribution in [2.75, 3.05) is 53.8 Å². The van der Waals surface area contributed by atoms with Gasteiger partial charge in [0.05, 0.1) is 55.9 Å². The van der Waals surface area contributed by atoms with Crippen LogP contribution in [0.2, 0.25) is 0 Å². The number of esters is 1. The highest BCUT2D eigenvalue weighted by Crippen LogP contribution is 2.34. The van der Waals surface area contributed by atoms with Crippen molar-refractivity contribution in [2.45, 2.75) is 175 Å². The van der Waals surface area contributed by atoms with Gasteiger partial charge in [-0.15, -0.1) is 0 Å². The van der Waals surface area contributed by atoms with E-state index in [4.69, 9.17) is 18.9 Å². The first kappa shape index (κ1) is 67.9. The summed E-state index contributed by atoms with van der Waals surface area (Å²) in [6.45, 7) is 16.6. The van der Waals surface area contributed by atoms with E-state index in [9.17, 15) is 43.5 Å². The molecule has 456 valence electrons. The molecule has 0 aromatic heterocycles. The molecule has 4 rings (SSSR count). The molecule has 82 heavy (non-hydrogen) atoms. The number of rotatable bonds is 27. The molecule has 0 radical (unpaired) electrons. The maximum absolute atomic E-state index is 14.7. The first-order valence-electron chi connectivity index (χ1n) is 28.8. The largest absolute Gasteiger partial charge is 0.468 e. The second-order valence-electron chi connectivity index (χ2n) is 22.9. The summed E-state index contributed by atoms with van der Waals surface area (Å²) in [5.41, 5.74) is 0.918. The zero-order valence-electron chi connectivity index (χ0n) is 50.7. The summed E-state index contributed by atoms with van der Waals surface area (Å²) in [6, 6.07) is 12.0. The summed E-state index contributed by atoms with van der Waals surface area (Å²) >= 11 is 0. The van der Waals surface area contributed by atoms with E-state index in [1.807, 2.05) is 58.9 Å². The van der Waals surface area contributed by atoms with Gasteiger partial charge in [-0.05, 0) is 92.5 Å². The van der Waals surface area contributed by atoms with Crippen LogP contribution in [0.5, 0.6) is 0 Å². The molecule has 5 N–H and O–H groups in total. The molecule has 1 saturated heterocycles. The Bertz CT molecular complexity index is 2460. The second-order valence-corrected chi connectivity index (χ2v) is 22.9. The lowest BCUT2D eigenvalue weighted by atomic mass is 9.78. The van der Waals surface area contributed by atoms with Gasteiger partial charge in [-0.25, -0.2) is 9.59 Å². The Kier molecular flexibility index (Phi) is 26.8. The number of allylic oxidation sites excluding steroid dienone is 1. The van der Waals surface area contributed by atoms with Gasteiger partial charge >= 0.3 is 18.2 Å². The van der Waals surface area contributed by atoms with Crippen molar-refractivity contribution < 1.29 is 67.1 Å². The summed E-state index contributed by atoms with van der Waals surface area (Å²) in [5, 5.41) is 22.2. The lowest BCUT2D eigenvalue weighted by molar-refractivity contribution is -0.148. The number of nitrogens with zero attached hydrogens (tertiary/aromatic N) is 3. The molecule has 2 aliphatic rings. The van der Waals surface area contributed by atoms with Crippen LogP contribution in [0.1, 0.15) is 131 Å². The van der Waals surface area contributed by atoms with E-state index in [-0.39, 0.29) is 49.1 Å². The van der Waals surface area contributed by atoms with Gasteiger partial charge in [0, 0.05) is 46.0 Å². The fraction of sp³-hybridized carbons (Fsp3) is 0.639. The van der Waals surface area contributed by atoms with Crippen molar-refractivity contribution in [3.63, 3.8) is 0 Å². The van der Waals surface area contributed by atoms with Crippen molar-refractivity contribution in [2.24, 2.45) is 29.1 Å². The van der Waals surface area contributed by atoms with Gasteiger partial charge in [-0.1, -0.05) is 110 Å². The predicted molar refractivity (Wildman–Crippen MR) is 310 cm³/mol. The SMILES string of the molecule is CC[C@H](C)[C@@H](C(CC(=O)N1CCC[C@H]1[C@H](OC)[C@@H](C)C(=O)N[C@H](C)[C@@H](O)c1ccccc1)OC)N(C)C(=O)[C@@H](NC(=O)[C@H](C(C)C)N(C)C(=O)OCc1ccc(NC(=O)O[C@H]2/C=C\CC[C@@](C)(C(=O)NCC(=O)OC)CC2)cc1)C(C)C. The van der Waals surface area contributed by atoms with Crippen LogP contribution in [-0.4, -0.2) is 165 Å². The third kappa shape index (κ3) is 18.7. The molecule has 0 saturated carbocycles. The number of amides is 7. The molecule has 21 nitrogen and oxygen atoms in total. The van der Waals surface area contributed by atoms with E-state index >= 15 is 0 Å². The minimum atomic E-state index is -1.04. The molecule has 7 amide bonds. The number of ether oxygens (including phenoxy) is 5. The molecule has 0 bridgehead atoms. The molecular formula is C61H93N7O14. The summed E-state index contributed by atoms with van der Waals surface area (Å²) in [6.07, 6.45) is 3.07. The molecule has 1 fully saturated rings. The number of hydrogen-bond donors (Lipinski definition) is 5. The molecule has 0 spiro atoms. The fourth-order valence-corrected chi connectivity index (χ4v) is 11.0. The second kappa shape index (κ2) is 32.3. The minimum Gasteiger partial charge on any atom is -0.468 e. The van der Waals surface area contributed by atoms with Crippen molar-refractivity contribution in [3.8, 4) is 0 Å². The number of likely N-dealkylation sites (tertiary alicyclic amines) is 1. The quantitative estimate of drug-likeness (QED) is 0.0346. The van der Waals surface area contributed by atoms with Crippen molar-refractivity contribution in [1.82, 2.24) is 30.7 Å². The molecule has 1 heterocycles. The molecule has 12 atom stereocenters. The number of aliphatic hydroxyl groups is 1. The van der Waals surface area contributed by atoms with Crippen LogP contribution in [0, 0.1) is 29.1 Å². The number of carbonyl (C=O) groups excluding carboxylic acids is 8. The third-order valence-corrected chi connectivity index (χ3v) is 16.3. The van der Waals surface area contributed by atoms with Crippen LogP contribution in [0.3, 0.4) is 0 Å². The van der Waals surface area contributed by atoms with Gasteiger partial charge in [0.1, 0.15) is 31.3 Å². The minimum absolute atomic E-state index is 0.0695. The van der Waals surface area contributed by atoms with E-state index < -0.39 is 102 Å². The van der Waals surface area contributed by atoms with Crippen molar-refractivity contribution in [1.29, 1.82) is 0 Å². The molecule has 2 aromatic carbocycles. The number of aliphatic hydroxyl groups excluding tert-OH is 1. The molecular weight excluding hydrogens is 1050 g/mol. The van der Waals surface area contributed by atoms with Gasteiger partial charge in [0.15, 0.2) is 0 Å². The van der Waals surface area contributed by atoms with Crippen LogP contribution < -0.4 is 21.3 Å². The smallest absolute Gasteiger partial charge is 0.412 e. The van der Waals surface area contributed by atoms with E-state index in [0.29, 0.717) is 68.3 Å². The van der Waals surface area contributed by atoms with E-state index in [1.165, 1.54) is 33.3 Å². The monoisotopic (exact) mass is 1150 g/mol. The number of carbonyl (C=O) groups is 8. The van der Waals surface area contributed by atoms with E-state index in [1.54, 1.807) is 87.0 Å². The maximum Gasteiger partial charge on any atom is 0.412 e. The highest BCUT2D eigenvalue weighted by atomic mass is 16.6. The van der Waals surface area contributed by atoms with Crippen LogP contribution in [0.15, 0.2) is 66.7 Å². The Morgan fingerprint density at radius 3 is 2.09 bits per heavy atom. The molecule has 1 aliphatic carbocycles. The summed E-state index contributed by atoms with van der Waals surface area (Å²) in [4.78, 5) is 113. The van der Waals surface area contributed by atoms with Gasteiger partial charge in [-0.2, -0.15) is 0 Å². The summed E-state index contributed by atoms with van der Waals surface area (Å²) in [5.74, 6) is -3.92. The van der Waals surface area contributed by atoms with Gasteiger partial charge in [0.25, 0.3) is 0 Å². The Morgan fingerprint density at radius 2 is 1.49 bits per heavy atom. The summed E-state index contributed by atoms with van der Waals surface area (Å²) in [7, 11) is 7.40. The Morgan fingerprint density at radius 1 is 0.817 bits per heavy atom. The number of anilines is 1. The first-order valence-corrected chi connectivity index (χ1v) is 28.8. The fourth-order valence-electron chi connectivity index (χ4n) is 11.0. The average Bonchev–Trinajstić information content (AvgIpc) is 4.09. The molecule has 21 heteroatoms. The van der Waals surface area contributed by atoms with Gasteiger partial charge in [0.2, 0.25) is 29.5 Å². The molecule has 2 aromatic rings. The van der Waals surface area contributed by atoms with Crippen LogP contribution >= 0.6 is 0 Å². The normalized spacial score (nSPS) is 20.9. The highest BCUT2D eigenvalue weighted by molar-refractivity contribution is 5.92. The number of methoxy groups -OCH3 is 3. The predicted octanol–water partition coefficient (Wildman–Crippen LogP) is 6.92. The molecule has 1 unspecified atom stereocenters. The van der Waals surface area contributed by atoms with E-state index in [2.05, 4.69) is 26.0 Å². The van der Waals surface area contributed by atoms with Crippen LogP contribution in [0.4, 0.5) is 15.3 Å². The van der Waals surface area contributed by atoms with Crippen molar-refractivity contribution in [3.05, 3.63) is 77.9 Å². The number of nitrogens with one attached hydrogen (secondary N) is 4. The maximum atomic E-state index is 14.7. The number of hydrogen-bond acceptors (Lipinski definition) is 14. The first-order chi connectivity index (χ1) is 38.8. The summed E-state index contributed by atoms with van der Waals surface area (Å²) < 4.78 is 28.0. The van der Waals surface area contributed by atoms with Crippen LogP contribution in [-0.2, 0) is 59.1 Å². The zero-order valence-corrected chi connectivity index (χ0v) is 50.7. The Hall–Kier alpha value is -6.58.